The molecule has 4 heterocycles. The molecule has 0 radical (unpaired) electrons. The molecule has 9 aromatic carbocycles. The molecule has 1 aliphatic heterocycles. The van der Waals surface area contributed by atoms with E-state index in [1.807, 2.05) is 11.8 Å². The second kappa shape index (κ2) is 11.3. The van der Waals surface area contributed by atoms with Gasteiger partial charge in [-0.3, -0.25) is 9.13 Å². The number of benzene rings is 9. The molecule has 3 nitrogen and oxygen atoms in total. The molecule has 1 aliphatic rings. The summed E-state index contributed by atoms with van der Waals surface area (Å²) in [5, 5.41) is 11.5. The topological polar surface area (TPSA) is 14.8 Å². The number of fused-ring (bicyclic) bond motifs is 13. The van der Waals surface area contributed by atoms with Crippen molar-refractivity contribution in [2.45, 2.75) is 9.79 Å². The zero-order chi connectivity index (χ0) is 36.5. The quantitative estimate of drug-likeness (QED) is 0.177. The molecule has 0 saturated heterocycles. The predicted octanol–water partition coefficient (Wildman–Crippen LogP) is 14.3. The first-order valence-corrected chi connectivity index (χ1v) is 20.0. The Bertz CT molecular complexity index is 3620. The van der Waals surface area contributed by atoms with Crippen LogP contribution in [0.5, 0.6) is 0 Å². The molecule has 56 heavy (non-hydrogen) atoms. The van der Waals surface area contributed by atoms with Crippen LogP contribution in [0.2, 0.25) is 0 Å². The molecule has 0 amide bonds. The van der Waals surface area contributed by atoms with Crippen molar-refractivity contribution in [3.05, 3.63) is 188 Å². The van der Waals surface area contributed by atoms with Gasteiger partial charge in [0.05, 0.1) is 33.4 Å². The van der Waals surface area contributed by atoms with E-state index in [2.05, 4.69) is 202 Å². The molecule has 3 aromatic heterocycles. The summed E-state index contributed by atoms with van der Waals surface area (Å²) in [6.45, 7) is 0. The van der Waals surface area contributed by atoms with Crippen molar-refractivity contribution >= 4 is 88.0 Å². The van der Waals surface area contributed by atoms with Gasteiger partial charge < -0.3 is 4.57 Å². The van der Waals surface area contributed by atoms with Crippen molar-refractivity contribution < 1.29 is 0 Å². The van der Waals surface area contributed by atoms with Crippen molar-refractivity contribution in [1.29, 1.82) is 0 Å². The minimum absolute atomic E-state index is 1.16. The lowest BCUT2D eigenvalue weighted by Crippen LogP contribution is -2.06. The number of nitrogens with zero attached hydrogens (tertiary/aromatic N) is 3. The van der Waals surface area contributed by atoms with E-state index in [9.17, 15) is 0 Å². The maximum atomic E-state index is 2.54. The molecule has 260 valence electrons. The van der Waals surface area contributed by atoms with Crippen molar-refractivity contribution in [3.63, 3.8) is 0 Å². The second-order valence-corrected chi connectivity index (χ2v) is 15.9. The Labute approximate surface area is 326 Å². The maximum Gasteiger partial charge on any atom is 0.131 e. The minimum Gasteiger partial charge on any atom is -0.309 e. The molecule has 0 atom stereocenters. The first kappa shape index (κ1) is 30.3. The van der Waals surface area contributed by atoms with Gasteiger partial charge in [0.15, 0.2) is 0 Å². The molecule has 0 aliphatic carbocycles. The van der Waals surface area contributed by atoms with E-state index in [-0.39, 0.29) is 0 Å². The van der Waals surface area contributed by atoms with Crippen LogP contribution in [0.25, 0.3) is 104 Å². The normalized spacial score (nSPS) is 12.6. The van der Waals surface area contributed by atoms with Crippen LogP contribution < -0.4 is 0 Å². The van der Waals surface area contributed by atoms with E-state index in [1.165, 1.54) is 108 Å². The Balaban J connectivity index is 1.09. The van der Waals surface area contributed by atoms with Crippen LogP contribution >= 0.6 is 11.8 Å². The molecule has 0 bridgehead atoms. The summed E-state index contributed by atoms with van der Waals surface area (Å²) in [7, 11) is 0. The third kappa shape index (κ3) is 3.93. The third-order valence-corrected chi connectivity index (χ3v) is 13.2. The fraction of sp³-hybridized carbons (Fsp3) is 0. The third-order valence-electron chi connectivity index (χ3n) is 12.0. The summed E-state index contributed by atoms with van der Waals surface area (Å²) in [6, 6.07) is 69.2. The van der Waals surface area contributed by atoms with Crippen LogP contribution in [-0.2, 0) is 0 Å². The van der Waals surface area contributed by atoms with E-state index in [0.717, 1.165) is 5.69 Å². The standard InChI is InChI=1S/C52H31N3S/c1-2-15-33(16-3-1)53-42-24-10-9-21-40(42)49-41-23-13-27-47-50(41)55(52(49)53)46-26-12-22-38(51(46)56-47)36-29-31-44(37-19-7-6-18-35(36)37)54-43-25-11-8-20-39(43)48-34-17-5-4-14-32(34)28-30-45(48)54/h1-31H. The van der Waals surface area contributed by atoms with Crippen LogP contribution in [0.4, 0.5) is 0 Å². The van der Waals surface area contributed by atoms with Crippen LogP contribution in [0.1, 0.15) is 0 Å². The first-order valence-electron chi connectivity index (χ1n) is 19.2. The van der Waals surface area contributed by atoms with Gasteiger partial charge in [0.2, 0.25) is 0 Å². The predicted molar refractivity (Wildman–Crippen MR) is 237 cm³/mol. The summed E-state index contributed by atoms with van der Waals surface area (Å²) >= 11 is 1.90. The van der Waals surface area contributed by atoms with Gasteiger partial charge in [-0.2, -0.15) is 0 Å². The van der Waals surface area contributed by atoms with Crippen LogP contribution in [0.15, 0.2) is 198 Å². The van der Waals surface area contributed by atoms with E-state index in [0.29, 0.717) is 0 Å². The fourth-order valence-corrected chi connectivity index (χ4v) is 11.0. The monoisotopic (exact) mass is 729 g/mol. The lowest BCUT2D eigenvalue weighted by Gasteiger charge is -2.24. The lowest BCUT2D eigenvalue weighted by molar-refractivity contribution is 1.03. The summed E-state index contributed by atoms with van der Waals surface area (Å²) in [6.07, 6.45) is 0. The van der Waals surface area contributed by atoms with Gasteiger partial charge in [0.25, 0.3) is 0 Å². The summed E-state index contributed by atoms with van der Waals surface area (Å²) in [5.74, 6) is 0. The number of para-hydroxylation sites is 4. The Morgan fingerprint density at radius 1 is 0.339 bits per heavy atom. The van der Waals surface area contributed by atoms with E-state index >= 15 is 0 Å². The molecular formula is C52H31N3S. The van der Waals surface area contributed by atoms with Crippen molar-refractivity contribution in [1.82, 2.24) is 13.7 Å². The Morgan fingerprint density at radius 3 is 1.84 bits per heavy atom. The van der Waals surface area contributed by atoms with Crippen molar-refractivity contribution in [2.24, 2.45) is 0 Å². The molecule has 0 unspecified atom stereocenters. The van der Waals surface area contributed by atoms with Gasteiger partial charge in [-0.1, -0.05) is 151 Å². The highest BCUT2D eigenvalue weighted by atomic mass is 32.2. The van der Waals surface area contributed by atoms with E-state index in [1.54, 1.807) is 0 Å². The lowest BCUT2D eigenvalue weighted by atomic mass is 9.96. The first-order chi connectivity index (χ1) is 27.8. The van der Waals surface area contributed by atoms with Crippen LogP contribution in [0.3, 0.4) is 0 Å². The molecule has 4 heteroatoms. The average Bonchev–Trinajstić information content (AvgIpc) is 3.90. The van der Waals surface area contributed by atoms with Crippen LogP contribution in [0, 0.1) is 0 Å². The van der Waals surface area contributed by atoms with Gasteiger partial charge in [-0.25, -0.2) is 0 Å². The zero-order valence-electron chi connectivity index (χ0n) is 30.1. The highest BCUT2D eigenvalue weighted by Gasteiger charge is 2.29. The molecule has 12 aromatic rings. The van der Waals surface area contributed by atoms with Crippen molar-refractivity contribution in [2.75, 3.05) is 0 Å². The molecule has 0 N–H and O–H groups in total. The van der Waals surface area contributed by atoms with Gasteiger partial charge in [-0.15, -0.1) is 0 Å². The highest BCUT2D eigenvalue weighted by molar-refractivity contribution is 8.00. The minimum atomic E-state index is 1.16. The number of aromatic nitrogens is 3. The number of hydrogen-bond acceptors (Lipinski definition) is 1. The molecular weight excluding hydrogens is 699 g/mol. The number of rotatable bonds is 3. The molecule has 0 fully saturated rings. The zero-order valence-corrected chi connectivity index (χ0v) is 31.0. The Hall–Kier alpha value is -7.01. The van der Waals surface area contributed by atoms with Gasteiger partial charge >= 0.3 is 0 Å². The second-order valence-electron chi connectivity index (χ2n) is 14.8. The summed E-state index contributed by atoms with van der Waals surface area (Å²) in [5.41, 5.74) is 12.2. The summed E-state index contributed by atoms with van der Waals surface area (Å²) < 4.78 is 7.48. The highest BCUT2D eigenvalue weighted by Crippen LogP contribution is 2.52. The Kier molecular flexibility index (Phi) is 6.10. The Morgan fingerprint density at radius 2 is 1.00 bits per heavy atom. The average molecular weight is 730 g/mol. The fourth-order valence-electron chi connectivity index (χ4n) is 9.76. The van der Waals surface area contributed by atoms with Gasteiger partial charge in [0.1, 0.15) is 5.65 Å². The van der Waals surface area contributed by atoms with Crippen molar-refractivity contribution in [3.8, 4) is 28.2 Å². The molecule has 0 saturated carbocycles. The largest absolute Gasteiger partial charge is 0.309 e. The smallest absolute Gasteiger partial charge is 0.131 e. The van der Waals surface area contributed by atoms with Gasteiger partial charge in [0, 0.05) is 47.8 Å². The van der Waals surface area contributed by atoms with Crippen LogP contribution in [-0.4, -0.2) is 13.7 Å². The van der Waals surface area contributed by atoms with E-state index < -0.39 is 0 Å². The van der Waals surface area contributed by atoms with Gasteiger partial charge in [-0.05, 0) is 75.8 Å². The SMILES string of the molecule is c1ccc(-n2c3ccccc3c3c4cccc5c4n(c32)-c2cccc(-c3ccc(-n4c6ccccc6c6c7ccccc7ccc64)c4ccccc34)c2S5)cc1. The van der Waals surface area contributed by atoms with E-state index in [4.69, 9.17) is 0 Å². The summed E-state index contributed by atoms with van der Waals surface area (Å²) in [4.78, 5) is 2.55. The number of hydrogen-bond donors (Lipinski definition) is 0. The molecule has 13 rings (SSSR count). The molecule has 0 spiro atoms. The maximum absolute atomic E-state index is 2.54.